The minimum atomic E-state index is -0.593. The van der Waals surface area contributed by atoms with Crippen molar-refractivity contribution in [3.8, 4) is 11.8 Å². The molecule has 0 aromatic carbocycles. The second-order valence-corrected chi connectivity index (χ2v) is 5.61. The van der Waals surface area contributed by atoms with Gasteiger partial charge in [0, 0.05) is 25.0 Å². The summed E-state index contributed by atoms with van der Waals surface area (Å²) in [5, 5.41) is 13.3. The molecule has 1 saturated heterocycles. The standard InChI is InChI=1S/C17H13N5O2/c18-10-12-5-8-21(17(12)24)14-4-6-19-22-11-13(9-15(14)22)20-7-2-1-3-16(20)23/h1-4,6-7,9,11-12H,5,8H2. The van der Waals surface area contributed by atoms with Crippen LogP contribution in [0.5, 0.6) is 0 Å². The van der Waals surface area contributed by atoms with Crippen molar-refractivity contribution in [2.75, 3.05) is 11.4 Å². The largest absolute Gasteiger partial charge is 0.309 e. The zero-order valence-electron chi connectivity index (χ0n) is 12.7. The molecule has 7 heteroatoms. The van der Waals surface area contributed by atoms with E-state index in [-0.39, 0.29) is 11.5 Å². The topological polar surface area (TPSA) is 83.4 Å². The second-order valence-electron chi connectivity index (χ2n) is 5.61. The van der Waals surface area contributed by atoms with Gasteiger partial charge in [-0.2, -0.15) is 10.4 Å². The van der Waals surface area contributed by atoms with Gasteiger partial charge in [0.15, 0.2) is 0 Å². The predicted molar refractivity (Wildman–Crippen MR) is 86.9 cm³/mol. The highest BCUT2D eigenvalue weighted by molar-refractivity contribution is 6.02. The van der Waals surface area contributed by atoms with Gasteiger partial charge in [-0.1, -0.05) is 6.07 Å². The highest BCUT2D eigenvalue weighted by atomic mass is 16.2. The summed E-state index contributed by atoms with van der Waals surface area (Å²) in [5.74, 6) is -0.783. The lowest BCUT2D eigenvalue weighted by Gasteiger charge is -2.16. The molecule has 118 valence electrons. The summed E-state index contributed by atoms with van der Waals surface area (Å²) in [6, 6.07) is 10.6. The van der Waals surface area contributed by atoms with Gasteiger partial charge in [-0.3, -0.25) is 14.2 Å². The number of fused-ring (bicyclic) bond motifs is 1. The molecule has 0 spiro atoms. The minimum Gasteiger partial charge on any atom is -0.309 e. The Morgan fingerprint density at radius 2 is 2.12 bits per heavy atom. The Hall–Kier alpha value is -3.40. The van der Waals surface area contributed by atoms with Gasteiger partial charge in [0.2, 0.25) is 5.91 Å². The second kappa shape index (κ2) is 5.35. The molecule has 4 rings (SSSR count). The van der Waals surface area contributed by atoms with Crippen molar-refractivity contribution in [2.24, 2.45) is 5.92 Å². The van der Waals surface area contributed by atoms with Crippen LogP contribution in [0, 0.1) is 17.2 Å². The van der Waals surface area contributed by atoms with E-state index in [9.17, 15) is 9.59 Å². The summed E-state index contributed by atoms with van der Waals surface area (Å²) in [5.41, 5.74) is 1.94. The fraction of sp³-hybridized carbons (Fsp3) is 0.176. The SMILES string of the molecule is N#CC1CCN(c2ccnn3cc(-n4ccccc4=O)cc23)C1=O. The maximum atomic E-state index is 12.3. The van der Waals surface area contributed by atoms with Gasteiger partial charge >= 0.3 is 0 Å². The van der Waals surface area contributed by atoms with Crippen LogP contribution in [0.25, 0.3) is 11.2 Å². The van der Waals surface area contributed by atoms with Crippen molar-refractivity contribution < 1.29 is 4.79 Å². The molecule has 0 aliphatic carbocycles. The number of carbonyl (C=O) groups excluding carboxylic acids is 1. The van der Waals surface area contributed by atoms with Crippen molar-refractivity contribution in [1.82, 2.24) is 14.2 Å². The van der Waals surface area contributed by atoms with Gasteiger partial charge in [0.05, 0.1) is 29.2 Å². The lowest BCUT2D eigenvalue weighted by Crippen LogP contribution is -2.27. The van der Waals surface area contributed by atoms with Crippen LogP contribution in [0.1, 0.15) is 6.42 Å². The first-order valence-electron chi connectivity index (χ1n) is 7.55. The van der Waals surface area contributed by atoms with Crippen LogP contribution in [-0.4, -0.2) is 26.6 Å². The number of nitriles is 1. The third-order valence-corrected chi connectivity index (χ3v) is 4.22. The molecule has 0 N–H and O–H groups in total. The molecule has 3 aromatic rings. The first kappa shape index (κ1) is 14.2. The Morgan fingerprint density at radius 1 is 1.25 bits per heavy atom. The monoisotopic (exact) mass is 319 g/mol. The van der Waals surface area contributed by atoms with Crippen LogP contribution in [0.15, 0.2) is 53.7 Å². The van der Waals surface area contributed by atoms with Crippen LogP contribution in [0.2, 0.25) is 0 Å². The smallest absolute Gasteiger partial charge is 0.255 e. The number of anilines is 1. The number of hydrogen-bond acceptors (Lipinski definition) is 4. The molecule has 1 fully saturated rings. The van der Waals surface area contributed by atoms with Gasteiger partial charge in [-0.15, -0.1) is 0 Å². The average Bonchev–Trinajstić information content (AvgIpc) is 3.18. The molecule has 1 amide bonds. The Kier molecular flexibility index (Phi) is 3.17. The minimum absolute atomic E-state index is 0.142. The summed E-state index contributed by atoms with van der Waals surface area (Å²) in [4.78, 5) is 25.9. The average molecular weight is 319 g/mol. The molecule has 7 nitrogen and oxygen atoms in total. The van der Waals surface area contributed by atoms with E-state index >= 15 is 0 Å². The Bertz CT molecular complexity index is 1040. The Balaban J connectivity index is 1.85. The van der Waals surface area contributed by atoms with E-state index in [1.165, 1.54) is 10.6 Å². The van der Waals surface area contributed by atoms with Crippen molar-refractivity contribution >= 4 is 17.1 Å². The van der Waals surface area contributed by atoms with Crippen molar-refractivity contribution in [1.29, 1.82) is 5.26 Å². The van der Waals surface area contributed by atoms with Gasteiger partial charge in [0.1, 0.15) is 5.92 Å². The van der Waals surface area contributed by atoms with Crippen LogP contribution >= 0.6 is 0 Å². The molecule has 0 saturated carbocycles. The van der Waals surface area contributed by atoms with Crippen molar-refractivity contribution in [3.05, 3.63) is 59.3 Å². The molecule has 1 aliphatic rings. The summed E-state index contributed by atoms with van der Waals surface area (Å²) in [6.45, 7) is 0.503. The summed E-state index contributed by atoms with van der Waals surface area (Å²) < 4.78 is 3.15. The maximum absolute atomic E-state index is 12.3. The summed E-state index contributed by atoms with van der Waals surface area (Å²) in [6.07, 6.45) is 5.55. The van der Waals surface area contributed by atoms with Gasteiger partial charge in [-0.05, 0) is 24.6 Å². The molecule has 0 bridgehead atoms. The van der Waals surface area contributed by atoms with E-state index in [1.54, 1.807) is 46.2 Å². The van der Waals surface area contributed by atoms with E-state index in [1.807, 2.05) is 12.1 Å². The molecule has 24 heavy (non-hydrogen) atoms. The maximum Gasteiger partial charge on any atom is 0.255 e. The lowest BCUT2D eigenvalue weighted by molar-refractivity contribution is -0.118. The Labute approximate surface area is 137 Å². The zero-order valence-corrected chi connectivity index (χ0v) is 12.7. The van der Waals surface area contributed by atoms with E-state index in [0.29, 0.717) is 24.3 Å². The quantitative estimate of drug-likeness (QED) is 0.714. The summed E-state index contributed by atoms with van der Waals surface area (Å²) >= 11 is 0. The molecule has 3 aromatic heterocycles. The van der Waals surface area contributed by atoms with Crippen LogP contribution in [-0.2, 0) is 4.79 Å². The highest BCUT2D eigenvalue weighted by Crippen LogP contribution is 2.29. The van der Waals surface area contributed by atoms with Crippen LogP contribution in [0.3, 0.4) is 0 Å². The molecular formula is C17H13N5O2. The number of aromatic nitrogens is 3. The Morgan fingerprint density at radius 3 is 2.88 bits per heavy atom. The zero-order chi connectivity index (χ0) is 16.7. The van der Waals surface area contributed by atoms with Crippen LogP contribution < -0.4 is 10.5 Å². The lowest BCUT2D eigenvalue weighted by atomic mass is 10.1. The van der Waals surface area contributed by atoms with E-state index in [4.69, 9.17) is 5.26 Å². The van der Waals surface area contributed by atoms with Crippen molar-refractivity contribution in [2.45, 2.75) is 6.42 Å². The fourth-order valence-electron chi connectivity index (χ4n) is 3.03. The van der Waals surface area contributed by atoms with E-state index < -0.39 is 5.92 Å². The van der Waals surface area contributed by atoms with E-state index in [0.717, 1.165) is 5.52 Å². The van der Waals surface area contributed by atoms with Gasteiger partial charge < -0.3 is 4.90 Å². The summed E-state index contributed by atoms with van der Waals surface area (Å²) in [7, 11) is 0. The molecule has 4 heterocycles. The highest BCUT2D eigenvalue weighted by Gasteiger charge is 2.33. The fourth-order valence-corrected chi connectivity index (χ4v) is 3.03. The number of nitrogens with zero attached hydrogens (tertiary/aromatic N) is 5. The third kappa shape index (κ3) is 2.08. The van der Waals surface area contributed by atoms with E-state index in [2.05, 4.69) is 5.10 Å². The number of pyridine rings is 1. The van der Waals surface area contributed by atoms with Crippen molar-refractivity contribution in [3.63, 3.8) is 0 Å². The number of amides is 1. The molecular weight excluding hydrogens is 306 g/mol. The first-order valence-corrected chi connectivity index (χ1v) is 7.55. The molecule has 0 radical (unpaired) electrons. The number of rotatable bonds is 2. The number of hydrogen-bond donors (Lipinski definition) is 0. The predicted octanol–water partition coefficient (Wildman–Crippen LogP) is 1.36. The normalized spacial score (nSPS) is 17.4. The van der Waals surface area contributed by atoms with Crippen LogP contribution in [0.4, 0.5) is 5.69 Å². The van der Waals surface area contributed by atoms with Gasteiger partial charge in [-0.25, -0.2) is 4.52 Å². The van der Waals surface area contributed by atoms with Gasteiger partial charge in [0.25, 0.3) is 5.56 Å². The molecule has 1 atom stereocenters. The first-order chi connectivity index (χ1) is 11.7. The number of carbonyl (C=O) groups is 1. The molecule has 1 aliphatic heterocycles. The molecule has 1 unspecified atom stereocenters. The third-order valence-electron chi connectivity index (χ3n) is 4.22.